The molecular formula is C15H16N4O2S. The number of aromatic nitrogens is 1. The number of nitrogens with zero attached hydrogens (tertiary/aromatic N) is 1. The van der Waals surface area contributed by atoms with Crippen LogP contribution in [0.25, 0.3) is 0 Å². The second-order valence-corrected chi connectivity index (χ2v) is 6.28. The van der Waals surface area contributed by atoms with Gasteiger partial charge in [-0.3, -0.25) is 4.79 Å². The number of carbonyl (C=O) groups is 2. The molecule has 3 amide bonds. The third-order valence-corrected chi connectivity index (χ3v) is 4.35. The number of thiazole rings is 1. The lowest BCUT2D eigenvalue weighted by molar-refractivity contribution is -0.117. The van der Waals surface area contributed by atoms with E-state index in [9.17, 15) is 9.59 Å². The Bertz CT molecular complexity index is 699. The van der Waals surface area contributed by atoms with E-state index < -0.39 is 6.04 Å². The standard InChI is InChI=1S/C15H16N4O2S/c1-9-11(7-10-5-3-2-4-6-10)18-15(22-9)19-13(20)12-8-16-14(21)17-12/h2-6,12H,7-8H2,1H3,(H2,16,17,21)(H,18,19,20). The van der Waals surface area contributed by atoms with Gasteiger partial charge in [0.2, 0.25) is 0 Å². The van der Waals surface area contributed by atoms with Crippen LogP contribution in [-0.4, -0.2) is 29.5 Å². The van der Waals surface area contributed by atoms with Gasteiger partial charge in [-0.2, -0.15) is 0 Å². The number of nitrogens with one attached hydrogen (secondary N) is 3. The summed E-state index contributed by atoms with van der Waals surface area (Å²) in [4.78, 5) is 28.7. The molecule has 0 aliphatic carbocycles. The fourth-order valence-corrected chi connectivity index (χ4v) is 3.07. The van der Waals surface area contributed by atoms with Crippen LogP contribution in [0.2, 0.25) is 0 Å². The number of benzene rings is 1. The molecule has 1 fully saturated rings. The normalized spacial score (nSPS) is 17.0. The van der Waals surface area contributed by atoms with Crippen molar-refractivity contribution in [1.82, 2.24) is 15.6 Å². The van der Waals surface area contributed by atoms with Crippen molar-refractivity contribution < 1.29 is 9.59 Å². The summed E-state index contributed by atoms with van der Waals surface area (Å²) in [7, 11) is 0. The second kappa shape index (κ2) is 6.15. The van der Waals surface area contributed by atoms with Crippen LogP contribution in [0.4, 0.5) is 9.93 Å². The van der Waals surface area contributed by atoms with Crippen molar-refractivity contribution >= 4 is 28.4 Å². The zero-order chi connectivity index (χ0) is 15.5. The van der Waals surface area contributed by atoms with Gasteiger partial charge in [-0.1, -0.05) is 30.3 Å². The maximum Gasteiger partial charge on any atom is 0.315 e. The predicted molar refractivity (Wildman–Crippen MR) is 85.1 cm³/mol. The van der Waals surface area contributed by atoms with E-state index in [0.717, 1.165) is 17.0 Å². The smallest absolute Gasteiger partial charge is 0.315 e. The number of anilines is 1. The SMILES string of the molecule is Cc1sc(NC(=O)C2CNC(=O)N2)nc1Cc1ccccc1. The number of urea groups is 1. The van der Waals surface area contributed by atoms with Crippen LogP contribution in [0.5, 0.6) is 0 Å². The Morgan fingerprint density at radius 3 is 2.86 bits per heavy atom. The van der Waals surface area contributed by atoms with E-state index in [4.69, 9.17) is 0 Å². The molecule has 1 aliphatic rings. The number of amides is 3. The minimum absolute atomic E-state index is 0.252. The van der Waals surface area contributed by atoms with Crippen molar-refractivity contribution in [1.29, 1.82) is 0 Å². The van der Waals surface area contributed by atoms with Crippen molar-refractivity contribution in [2.45, 2.75) is 19.4 Å². The molecule has 6 nitrogen and oxygen atoms in total. The molecule has 3 rings (SSSR count). The summed E-state index contributed by atoms with van der Waals surface area (Å²) in [5, 5.41) is 8.44. The minimum Gasteiger partial charge on any atom is -0.336 e. The molecule has 0 bridgehead atoms. The maximum absolute atomic E-state index is 12.0. The molecule has 1 atom stereocenters. The highest BCUT2D eigenvalue weighted by atomic mass is 32.1. The molecular weight excluding hydrogens is 300 g/mol. The van der Waals surface area contributed by atoms with Crippen LogP contribution in [-0.2, 0) is 11.2 Å². The Balaban J connectivity index is 1.67. The molecule has 2 heterocycles. The van der Waals surface area contributed by atoms with Gasteiger partial charge in [0.15, 0.2) is 5.13 Å². The Labute approximate surface area is 132 Å². The second-order valence-electron chi connectivity index (χ2n) is 5.08. The Hall–Kier alpha value is -2.41. The molecule has 114 valence electrons. The summed E-state index contributed by atoms with van der Waals surface area (Å²) in [5.41, 5.74) is 2.14. The van der Waals surface area contributed by atoms with E-state index in [-0.39, 0.29) is 11.9 Å². The third kappa shape index (κ3) is 3.25. The average molecular weight is 316 g/mol. The van der Waals surface area contributed by atoms with Gasteiger partial charge in [-0.05, 0) is 12.5 Å². The van der Waals surface area contributed by atoms with E-state index >= 15 is 0 Å². The Morgan fingerprint density at radius 1 is 1.41 bits per heavy atom. The summed E-state index contributed by atoms with van der Waals surface area (Å²) >= 11 is 1.45. The molecule has 1 aliphatic heterocycles. The van der Waals surface area contributed by atoms with E-state index in [1.165, 1.54) is 16.9 Å². The molecule has 0 radical (unpaired) electrons. The van der Waals surface area contributed by atoms with Crippen LogP contribution < -0.4 is 16.0 Å². The van der Waals surface area contributed by atoms with Gasteiger partial charge >= 0.3 is 6.03 Å². The van der Waals surface area contributed by atoms with Gasteiger partial charge in [0.1, 0.15) is 6.04 Å². The molecule has 2 aromatic rings. The van der Waals surface area contributed by atoms with Crippen molar-refractivity contribution in [3.63, 3.8) is 0 Å². The molecule has 1 aromatic heterocycles. The summed E-state index contributed by atoms with van der Waals surface area (Å²) in [6.45, 7) is 2.29. The topological polar surface area (TPSA) is 83.1 Å². The van der Waals surface area contributed by atoms with E-state index in [2.05, 4.69) is 33.1 Å². The lowest BCUT2D eigenvalue weighted by Crippen LogP contribution is -2.38. The summed E-state index contributed by atoms with van der Waals surface area (Å²) in [5.74, 6) is -0.252. The first kappa shape index (κ1) is 14.5. The number of rotatable bonds is 4. The van der Waals surface area contributed by atoms with Gasteiger partial charge in [-0.15, -0.1) is 11.3 Å². The molecule has 1 saturated heterocycles. The van der Waals surface area contributed by atoms with E-state index in [1.807, 2.05) is 25.1 Å². The maximum atomic E-state index is 12.0. The number of hydrogen-bond acceptors (Lipinski definition) is 4. The Morgan fingerprint density at radius 2 is 2.18 bits per heavy atom. The lowest BCUT2D eigenvalue weighted by Gasteiger charge is -2.06. The quantitative estimate of drug-likeness (QED) is 0.802. The fraction of sp³-hybridized carbons (Fsp3) is 0.267. The summed E-state index contributed by atoms with van der Waals surface area (Å²) < 4.78 is 0. The van der Waals surface area contributed by atoms with Crippen molar-refractivity contribution in [2.24, 2.45) is 0 Å². The van der Waals surface area contributed by atoms with Crippen LogP contribution >= 0.6 is 11.3 Å². The largest absolute Gasteiger partial charge is 0.336 e. The molecule has 1 aromatic carbocycles. The highest BCUT2D eigenvalue weighted by molar-refractivity contribution is 7.15. The zero-order valence-corrected chi connectivity index (χ0v) is 12.9. The van der Waals surface area contributed by atoms with E-state index in [1.54, 1.807) is 0 Å². The lowest BCUT2D eigenvalue weighted by atomic mass is 10.1. The van der Waals surface area contributed by atoms with Crippen LogP contribution in [0.1, 0.15) is 16.1 Å². The van der Waals surface area contributed by atoms with E-state index in [0.29, 0.717) is 11.7 Å². The zero-order valence-electron chi connectivity index (χ0n) is 12.1. The van der Waals surface area contributed by atoms with Crippen LogP contribution in [0, 0.1) is 6.92 Å². The molecule has 1 unspecified atom stereocenters. The minimum atomic E-state index is -0.547. The van der Waals surface area contributed by atoms with Crippen molar-refractivity contribution in [3.8, 4) is 0 Å². The van der Waals surface area contributed by atoms with Gasteiger partial charge in [0, 0.05) is 17.8 Å². The third-order valence-electron chi connectivity index (χ3n) is 3.43. The first-order valence-corrected chi connectivity index (χ1v) is 7.79. The summed E-state index contributed by atoms with van der Waals surface area (Å²) in [6.07, 6.45) is 0.737. The number of hydrogen-bond donors (Lipinski definition) is 3. The van der Waals surface area contributed by atoms with Gasteiger partial charge in [0.25, 0.3) is 5.91 Å². The molecule has 7 heteroatoms. The molecule has 0 spiro atoms. The molecule has 22 heavy (non-hydrogen) atoms. The van der Waals surface area contributed by atoms with Gasteiger partial charge in [-0.25, -0.2) is 9.78 Å². The highest BCUT2D eigenvalue weighted by Crippen LogP contribution is 2.24. The highest BCUT2D eigenvalue weighted by Gasteiger charge is 2.27. The van der Waals surface area contributed by atoms with Crippen molar-refractivity contribution in [3.05, 3.63) is 46.5 Å². The number of carbonyl (C=O) groups excluding carboxylic acids is 2. The number of aryl methyl sites for hydroxylation is 1. The van der Waals surface area contributed by atoms with Gasteiger partial charge < -0.3 is 16.0 Å². The van der Waals surface area contributed by atoms with Gasteiger partial charge in [0.05, 0.1) is 5.69 Å². The summed E-state index contributed by atoms with van der Waals surface area (Å²) in [6, 6.07) is 9.21. The average Bonchev–Trinajstić information content (AvgIpc) is 3.07. The van der Waals surface area contributed by atoms with Crippen LogP contribution in [0.15, 0.2) is 30.3 Å². The first-order chi connectivity index (χ1) is 10.6. The predicted octanol–water partition coefficient (Wildman–Crippen LogP) is 1.66. The first-order valence-electron chi connectivity index (χ1n) is 6.97. The Kier molecular flexibility index (Phi) is 4.06. The van der Waals surface area contributed by atoms with Crippen molar-refractivity contribution in [2.75, 3.05) is 11.9 Å². The fourth-order valence-electron chi connectivity index (χ4n) is 2.24. The molecule has 3 N–H and O–H groups in total. The van der Waals surface area contributed by atoms with Crippen LogP contribution in [0.3, 0.4) is 0 Å². The molecule has 0 saturated carbocycles. The monoisotopic (exact) mass is 316 g/mol.